The summed E-state index contributed by atoms with van der Waals surface area (Å²) in [4.78, 5) is 1.46. The fourth-order valence-electron chi connectivity index (χ4n) is 2.46. The Morgan fingerprint density at radius 3 is 2.84 bits per heavy atom. The molecule has 1 aliphatic heterocycles. The molecule has 0 amide bonds. The first kappa shape index (κ1) is 13.5. The standard InChI is InChI=1S/C13H20N2O2S2/c1-10-4-6-15(9-10)19(16,17)13-5-7-18-12(13)8-14-11-2-3-11/h5,7,10-11,14H,2-4,6,8-9H2,1H3. The lowest BCUT2D eigenvalue weighted by Gasteiger charge is -2.16. The number of hydrogen-bond acceptors (Lipinski definition) is 4. The van der Waals surface area contributed by atoms with Gasteiger partial charge in [-0.2, -0.15) is 4.31 Å². The van der Waals surface area contributed by atoms with Crippen LogP contribution in [0.15, 0.2) is 16.3 Å². The Labute approximate surface area is 118 Å². The maximum atomic E-state index is 12.6. The third kappa shape index (κ3) is 2.86. The molecule has 19 heavy (non-hydrogen) atoms. The summed E-state index contributed by atoms with van der Waals surface area (Å²) in [5, 5.41) is 5.28. The van der Waals surface area contributed by atoms with Gasteiger partial charge in [-0.25, -0.2) is 8.42 Å². The molecule has 1 unspecified atom stereocenters. The van der Waals surface area contributed by atoms with E-state index in [4.69, 9.17) is 0 Å². The summed E-state index contributed by atoms with van der Waals surface area (Å²) < 4.78 is 26.9. The van der Waals surface area contributed by atoms with Crippen molar-refractivity contribution in [3.05, 3.63) is 16.3 Å². The first-order chi connectivity index (χ1) is 9.07. The molecule has 0 aromatic carbocycles. The van der Waals surface area contributed by atoms with E-state index in [2.05, 4.69) is 12.2 Å². The molecule has 106 valence electrons. The lowest BCUT2D eigenvalue weighted by Crippen LogP contribution is -2.29. The van der Waals surface area contributed by atoms with E-state index in [-0.39, 0.29) is 0 Å². The number of rotatable bonds is 5. The van der Waals surface area contributed by atoms with Crippen LogP contribution in [0.4, 0.5) is 0 Å². The van der Waals surface area contributed by atoms with Crippen molar-refractivity contribution in [3.63, 3.8) is 0 Å². The van der Waals surface area contributed by atoms with E-state index in [0.717, 1.165) is 11.3 Å². The zero-order valence-electron chi connectivity index (χ0n) is 11.1. The summed E-state index contributed by atoms with van der Waals surface area (Å²) in [5.74, 6) is 0.474. The van der Waals surface area contributed by atoms with Crippen LogP contribution < -0.4 is 5.32 Å². The van der Waals surface area contributed by atoms with E-state index in [0.29, 0.717) is 36.5 Å². The van der Waals surface area contributed by atoms with Crippen LogP contribution in [0.5, 0.6) is 0 Å². The minimum atomic E-state index is -3.28. The number of hydrogen-bond donors (Lipinski definition) is 1. The highest BCUT2D eigenvalue weighted by Gasteiger charge is 2.32. The van der Waals surface area contributed by atoms with E-state index in [1.54, 1.807) is 10.4 Å². The highest BCUT2D eigenvalue weighted by molar-refractivity contribution is 7.89. The monoisotopic (exact) mass is 300 g/mol. The molecule has 2 heterocycles. The van der Waals surface area contributed by atoms with Gasteiger partial charge in [0.1, 0.15) is 0 Å². The minimum absolute atomic E-state index is 0.474. The Bertz CT molecular complexity index is 549. The highest BCUT2D eigenvalue weighted by atomic mass is 32.2. The first-order valence-corrected chi connectivity index (χ1v) is 9.19. The zero-order valence-corrected chi connectivity index (χ0v) is 12.8. The van der Waals surface area contributed by atoms with Crippen LogP contribution in [-0.2, 0) is 16.6 Å². The molecule has 1 atom stereocenters. The van der Waals surface area contributed by atoms with Gasteiger partial charge in [0.05, 0.1) is 4.90 Å². The van der Waals surface area contributed by atoms with Crippen molar-refractivity contribution >= 4 is 21.4 Å². The van der Waals surface area contributed by atoms with Gasteiger partial charge in [-0.3, -0.25) is 0 Å². The zero-order chi connectivity index (χ0) is 13.5. The van der Waals surface area contributed by atoms with E-state index < -0.39 is 10.0 Å². The summed E-state index contributed by atoms with van der Waals surface area (Å²) in [6, 6.07) is 2.36. The number of sulfonamides is 1. The van der Waals surface area contributed by atoms with Crippen LogP contribution in [0.1, 0.15) is 31.1 Å². The Kier molecular flexibility index (Phi) is 3.68. The molecule has 1 aromatic heterocycles. The number of nitrogens with one attached hydrogen (secondary N) is 1. The topological polar surface area (TPSA) is 49.4 Å². The van der Waals surface area contributed by atoms with Gasteiger partial charge < -0.3 is 5.32 Å². The normalized spacial score (nSPS) is 25.0. The molecule has 1 aromatic rings. The van der Waals surface area contributed by atoms with Crippen LogP contribution in [-0.4, -0.2) is 31.9 Å². The molecule has 1 saturated heterocycles. The van der Waals surface area contributed by atoms with Gasteiger partial charge in [0.15, 0.2) is 0 Å². The van der Waals surface area contributed by atoms with Gasteiger partial charge >= 0.3 is 0 Å². The Hall–Kier alpha value is -0.430. The molecule has 3 rings (SSSR count). The number of thiophene rings is 1. The van der Waals surface area contributed by atoms with Gasteiger partial charge in [-0.1, -0.05) is 6.92 Å². The van der Waals surface area contributed by atoms with Crippen molar-refractivity contribution in [3.8, 4) is 0 Å². The molecule has 4 nitrogen and oxygen atoms in total. The van der Waals surface area contributed by atoms with E-state index in [9.17, 15) is 8.42 Å². The molecule has 0 radical (unpaired) electrons. The third-order valence-corrected chi connectivity index (χ3v) is 6.84. The fraction of sp³-hybridized carbons (Fsp3) is 0.692. The van der Waals surface area contributed by atoms with E-state index in [1.165, 1.54) is 24.2 Å². The van der Waals surface area contributed by atoms with Crippen LogP contribution >= 0.6 is 11.3 Å². The molecular weight excluding hydrogens is 280 g/mol. The molecule has 1 saturated carbocycles. The second-order valence-electron chi connectivity index (χ2n) is 5.62. The van der Waals surface area contributed by atoms with Crippen molar-refractivity contribution in [2.75, 3.05) is 13.1 Å². The number of nitrogens with zero attached hydrogens (tertiary/aromatic N) is 1. The van der Waals surface area contributed by atoms with E-state index in [1.807, 2.05) is 5.38 Å². The Morgan fingerprint density at radius 1 is 1.42 bits per heavy atom. The fourth-order valence-corrected chi connectivity index (χ4v) is 5.40. The van der Waals surface area contributed by atoms with Gasteiger partial charge in [0, 0.05) is 30.6 Å². The quantitative estimate of drug-likeness (QED) is 0.905. The van der Waals surface area contributed by atoms with Crippen molar-refractivity contribution in [2.45, 2.75) is 43.7 Å². The van der Waals surface area contributed by atoms with Crippen molar-refractivity contribution in [2.24, 2.45) is 5.92 Å². The molecule has 1 aliphatic carbocycles. The average Bonchev–Trinajstić information content (AvgIpc) is 2.88. The summed E-state index contributed by atoms with van der Waals surface area (Å²) in [6.45, 7) is 4.11. The SMILES string of the molecule is CC1CCN(S(=O)(=O)c2ccsc2CNC2CC2)C1. The lowest BCUT2D eigenvalue weighted by molar-refractivity contribution is 0.463. The second-order valence-corrected chi connectivity index (χ2v) is 8.53. The summed E-state index contributed by atoms with van der Waals surface area (Å²) in [6.07, 6.45) is 3.41. The predicted molar refractivity (Wildman–Crippen MR) is 76.7 cm³/mol. The van der Waals surface area contributed by atoms with Gasteiger partial charge in [-0.15, -0.1) is 11.3 Å². The summed E-state index contributed by atoms with van der Waals surface area (Å²) in [7, 11) is -3.28. The lowest BCUT2D eigenvalue weighted by atomic mass is 10.2. The largest absolute Gasteiger partial charge is 0.309 e. The maximum Gasteiger partial charge on any atom is 0.244 e. The van der Waals surface area contributed by atoms with Gasteiger partial charge in [-0.05, 0) is 36.6 Å². The molecule has 0 spiro atoms. The molecular formula is C13H20N2O2S2. The van der Waals surface area contributed by atoms with Crippen molar-refractivity contribution in [1.29, 1.82) is 0 Å². The van der Waals surface area contributed by atoms with Gasteiger partial charge in [0.2, 0.25) is 10.0 Å². The van der Waals surface area contributed by atoms with Crippen LogP contribution in [0.3, 0.4) is 0 Å². The summed E-state index contributed by atoms with van der Waals surface area (Å²) >= 11 is 1.54. The van der Waals surface area contributed by atoms with E-state index >= 15 is 0 Å². The average molecular weight is 300 g/mol. The third-order valence-electron chi connectivity index (χ3n) is 3.84. The smallest absolute Gasteiger partial charge is 0.244 e. The van der Waals surface area contributed by atoms with Gasteiger partial charge in [0.25, 0.3) is 0 Å². The molecule has 6 heteroatoms. The predicted octanol–water partition coefficient (Wildman–Crippen LogP) is 2.03. The van der Waals surface area contributed by atoms with Crippen molar-refractivity contribution in [1.82, 2.24) is 9.62 Å². The minimum Gasteiger partial charge on any atom is -0.309 e. The van der Waals surface area contributed by atoms with Crippen LogP contribution in [0, 0.1) is 5.92 Å². The van der Waals surface area contributed by atoms with Crippen LogP contribution in [0.25, 0.3) is 0 Å². The second kappa shape index (κ2) is 5.16. The maximum absolute atomic E-state index is 12.6. The summed E-state index contributed by atoms with van der Waals surface area (Å²) in [5.41, 5.74) is 0. The van der Waals surface area contributed by atoms with Crippen molar-refractivity contribution < 1.29 is 8.42 Å². The highest BCUT2D eigenvalue weighted by Crippen LogP contribution is 2.29. The molecule has 0 bridgehead atoms. The molecule has 1 N–H and O–H groups in total. The Morgan fingerprint density at radius 2 is 2.21 bits per heavy atom. The van der Waals surface area contributed by atoms with Crippen LogP contribution in [0.2, 0.25) is 0 Å². The molecule has 2 fully saturated rings. The Balaban J connectivity index is 1.78. The first-order valence-electron chi connectivity index (χ1n) is 6.87. The molecule has 2 aliphatic rings.